The van der Waals surface area contributed by atoms with Crippen LogP contribution in [0, 0.1) is 0 Å². The van der Waals surface area contributed by atoms with Crippen LogP contribution in [0.1, 0.15) is 22.3 Å². The van der Waals surface area contributed by atoms with E-state index in [-0.39, 0.29) is 12.0 Å². The van der Waals surface area contributed by atoms with E-state index in [9.17, 15) is 18.0 Å². The first kappa shape index (κ1) is 11.1. The Morgan fingerprint density at radius 3 is 2.44 bits per heavy atom. The summed E-state index contributed by atoms with van der Waals surface area (Å²) in [4.78, 5) is 10.4. The molecule has 0 amide bonds. The van der Waals surface area contributed by atoms with Crippen molar-refractivity contribution in [3.63, 3.8) is 0 Å². The largest absolute Gasteiger partial charge is 0.416 e. The van der Waals surface area contributed by atoms with E-state index in [2.05, 4.69) is 5.32 Å². The molecule has 0 saturated carbocycles. The van der Waals surface area contributed by atoms with Crippen LogP contribution in [0.15, 0.2) is 12.1 Å². The molecule has 5 heteroatoms. The van der Waals surface area contributed by atoms with Crippen molar-refractivity contribution >= 4 is 6.29 Å². The lowest BCUT2D eigenvalue weighted by Crippen LogP contribution is -2.11. The summed E-state index contributed by atoms with van der Waals surface area (Å²) in [5.74, 6) is 0. The first-order valence-corrected chi connectivity index (χ1v) is 4.88. The van der Waals surface area contributed by atoms with Crippen LogP contribution in [0.25, 0.3) is 0 Å². The lowest BCUT2D eigenvalue weighted by atomic mass is 9.98. The summed E-state index contributed by atoms with van der Waals surface area (Å²) >= 11 is 0. The quantitative estimate of drug-likeness (QED) is 0.786. The molecule has 0 fully saturated rings. The van der Waals surface area contributed by atoms with Gasteiger partial charge in [-0.25, -0.2) is 0 Å². The molecule has 1 N–H and O–H groups in total. The van der Waals surface area contributed by atoms with Gasteiger partial charge in [0, 0.05) is 19.5 Å². The molecule has 2 rings (SSSR count). The first-order chi connectivity index (χ1) is 7.52. The maximum atomic E-state index is 12.7. The van der Waals surface area contributed by atoms with Crippen LogP contribution in [0.2, 0.25) is 0 Å². The van der Waals surface area contributed by atoms with Crippen molar-refractivity contribution in [3.05, 3.63) is 34.4 Å². The molecule has 0 radical (unpaired) electrons. The molecular weight excluding hydrogens is 219 g/mol. The minimum absolute atomic E-state index is 0.0601. The van der Waals surface area contributed by atoms with E-state index in [1.807, 2.05) is 0 Å². The van der Waals surface area contributed by atoms with Gasteiger partial charge in [0.2, 0.25) is 0 Å². The average molecular weight is 229 g/mol. The van der Waals surface area contributed by atoms with E-state index in [0.717, 1.165) is 11.6 Å². The number of carbonyl (C=O) groups excluding carboxylic acids is 1. The number of benzene rings is 1. The summed E-state index contributed by atoms with van der Waals surface area (Å²) in [6.07, 6.45) is -4.09. The summed E-state index contributed by atoms with van der Waals surface area (Å²) in [6.45, 7) is 1.03. The van der Waals surface area contributed by atoms with Gasteiger partial charge in [-0.3, -0.25) is 0 Å². The van der Waals surface area contributed by atoms with Crippen LogP contribution in [0.4, 0.5) is 13.2 Å². The zero-order valence-electron chi connectivity index (χ0n) is 8.40. The highest BCUT2D eigenvalue weighted by atomic mass is 19.4. The Hall–Kier alpha value is -1.36. The fraction of sp³-hybridized carbons (Fsp3) is 0.364. The number of hydrogen-bond acceptors (Lipinski definition) is 2. The van der Waals surface area contributed by atoms with Crippen molar-refractivity contribution in [1.29, 1.82) is 0 Å². The van der Waals surface area contributed by atoms with Crippen LogP contribution < -0.4 is 5.32 Å². The first-order valence-electron chi connectivity index (χ1n) is 4.88. The topological polar surface area (TPSA) is 29.1 Å². The van der Waals surface area contributed by atoms with E-state index in [1.54, 1.807) is 0 Å². The third kappa shape index (κ3) is 1.95. The number of carbonyl (C=O) groups is 1. The normalized spacial score (nSPS) is 14.9. The second kappa shape index (κ2) is 3.90. The van der Waals surface area contributed by atoms with Gasteiger partial charge in [-0.2, -0.15) is 13.2 Å². The maximum absolute atomic E-state index is 12.7. The molecule has 1 aromatic carbocycles. The van der Waals surface area contributed by atoms with Crippen molar-refractivity contribution in [1.82, 2.24) is 5.32 Å². The van der Waals surface area contributed by atoms with Crippen molar-refractivity contribution in [2.45, 2.75) is 25.7 Å². The van der Waals surface area contributed by atoms with Gasteiger partial charge in [0.1, 0.15) is 6.29 Å². The molecule has 0 aromatic heterocycles. The van der Waals surface area contributed by atoms with Crippen LogP contribution in [-0.4, -0.2) is 6.29 Å². The monoisotopic (exact) mass is 229 g/mol. The Labute approximate surface area is 90.5 Å². The van der Waals surface area contributed by atoms with E-state index in [4.69, 9.17) is 0 Å². The predicted molar refractivity (Wildman–Crippen MR) is 51.8 cm³/mol. The number of fused-ring (bicyclic) bond motifs is 1. The fourth-order valence-electron chi connectivity index (χ4n) is 1.92. The smallest absolute Gasteiger partial charge is 0.309 e. The third-order valence-corrected chi connectivity index (χ3v) is 2.66. The van der Waals surface area contributed by atoms with E-state index in [1.165, 1.54) is 6.07 Å². The van der Waals surface area contributed by atoms with Gasteiger partial charge in [0.25, 0.3) is 0 Å². The molecule has 0 unspecified atom stereocenters. The molecule has 0 aliphatic carbocycles. The summed E-state index contributed by atoms with van der Waals surface area (Å²) in [5.41, 5.74) is 0.888. The van der Waals surface area contributed by atoms with Gasteiger partial charge in [-0.15, -0.1) is 0 Å². The molecule has 0 saturated heterocycles. The van der Waals surface area contributed by atoms with Gasteiger partial charge in [0.15, 0.2) is 0 Å². The number of hydrogen-bond donors (Lipinski definition) is 1. The van der Waals surface area contributed by atoms with E-state index in [0.29, 0.717) is 24.9 Å². The molecule has 0 bridgehead atoms. The number of aldehydes is 1. The summed E-state index contributed by atoms with van der Waals surface area (Å²) in [6, 6.07) is 2.63. The Morgan fingerprint density at radius 1 is 1.25 bits per heavy atom. The standard InChI is InChI=1S/C11H10F3NO/c12-11(13,14)10-4-9-6-15-5-8(9)3-7(10)1-2-16/h2-4,15H,1,5-6H2. The highest BCUT2D eigenvalue weighted by Gasteiger charge is 2.34. The zero-order chi connectivity index (χ0) is 11.8. The molecule has 1 aromatic rings. The van der Waals surface area contributed by atoms with Gasteiger partial charge in [0.05, 0.1) is 5.56 Å². The lowest BCUT2D eigenvalue weighted by Gasteiger charge is -2.13. The summed E-state index contributed by atoms with van der Waals surface area (Å²) in [7, 11) is 0. The second-order valence-electron chi connectivity index (χ2n) is 3.75. The number of rotatable bonds is 2. The predicted octanol–water partition coefficient (Wildman–Crippen LogP) is 2.05. The average Bonchev–Trinajstić information content (AvgIpc) is 2.62. The lowest BCUT2D eigenvalue weighted by molar-refractivity contribution is -0.138. The van der Waals surface area contributed by atoms with E-state index >= 15 is 0 Å². The molecule has 2 nitrogen and oxygen atoms in total. The van der Waals surface area contributed by atoms with Gasteiger partial charge in [-0.05, 0) is 22.8 Å². The SMILES string of the molecule is O=CCc1cc2c(cc1C(F)(F)F)CNC2. The Bertz CT molecular complexity index is 426. The molecule has 1 aliphatic rings. The highest BCUT2D eigenvalue weighted by molar-refractivity contribution is 5.58. The van der Waals surface area contributed by atoms with Crippen LogP contribution in [-0.2, 0) is 30.5 Å². The Balaban J connectivity index is 2.52. The maximum Gasteiger partial charge on any atom is 0.416 e. The van der Waals surface area contributed by atoms with Crippen molar-refractivity contribution < 1.29 is 18.0 Å². The minimum atomic E-state index is -4.39. The second-order valence-corrected chi connectivity index (χ2v) is 3.75. The van der Waals surface area contributed by atoms with E-state index < -0.39 is 11.7 Å². The third-order valence-electron chi connectivity index (χ3n) is 2.66. The molecule has 0 spiro atoms. The van der Waals surface area contributed by atoms with Crippen molar-refractivity contribution in [2.24, 2.45) is 0 Å². The molecule has 1 heterocycles. The molecule has 86 valence electrons. The van der Waals surface area contributed by atoms with Crippen molar-refractivity contribution in [2.75, 3.05) is 0 Å². The van der Waals surface area contributed by atoms with Crippen LogP contribution >= 0.6 is 0 Å². The molecule has 1 aliphatic heterocycles. The highest BCUT2D eigenvalue weighted by Crippen LogP contribution is 2.34. The van der Waals surface area contributed by atoms with Crippen LogP contribution in [0.5, 0.6) is 0 Å². The van der Waals surface area contributed by atoms with Crippen LogP contribution in [0.3, 0.4) is 0 Å². The fourth-order valence-corrected chi connectivity index (χ4v) is 1.92. The summed E-state index contributed by atoms with van der Waals surface area (Å²) in [5, 5.41) is 2.98. The Kier molecular flexibility index (Phi) is 2.71. The molecule has 16 heavy (non-hydrogen) atoms. The van der Waals surface area contributed by atoms with Gasteiger partial charge in [-0.1, -0.05) is 6.07 Å². The van der Waals surface area contributed by atoms with Gasteiger partial charge >= 0.3 is 6.18 Å². The number of nitrogens with one attached hydrogen (secondary N) is 1. The van der Waals surface area contributed by atoms with Gasteiger partial charge < -0.3 is 10.1 Å². The number of alkyl halides is 3. The minimum Gasteiger partial charge on any atom is -0.309 e. The number of halogens is 3. The molecule has 0 atom stereocenters. The summed E-state index contributed by atoms with van der Waals surface area (Å²) < 4.78 is 38.1. The molecular formula is C11H10F3NO. The zero-order valence-corrected chi connectivity index (χ0v) is 8.40. The Morgan fingerprint density at radius 2 is 1.88 bits per heavy atom. The van der Waals surface area contributed by atoms with Crippen molar-refractivity contribution in [3.8, 4) is 0 Å².